The molecule has 9 nitrogen and oxygen atoms in total. The molecular formula is C25H22N4O5. The number of pyridine rings is 1. The summed E-state index contributed by atoms with van der Waals surface area (Å²) in [5, 5.41) is 3.37. The molecule has 0 saturated heterocycles. The molecule has 2 aromatic carbocycles. The Balaban J connectivity index is 1.48. The number of fused-ring (bicyclic) bond motifs is 2. The molecule has 1 unspecified atom stereocenters. The van der Waals surface area contributed by atoms with Gasteiger partial charge in [0.25, 0.3) is 0 Å². The van der Waals surface area contributed by atoms with Crippen LogP contribution in [0.5, 0.6) is 11.5 Å². The molecule has 1 N–H and O–H groups in total. The van der Waals surface area contributed by atoms with Gasteiger partial charge in [0.05, 0.1) is 18.5 Å². The molecule has 0 fully saturated rings. The average Bonchev–Trinajstić information content (AvgIpc) is 2.88. The quantitative estimate of drug-likeness (QED) is 0.439. The number of aromatic nitrogens is 3. The van der Waals surface area contributed by atoms with Gasteiger partial charge in [-0.15, -0.1) is 0 Å². The molecule has 0 saturated carbocycles. The van der Waals surface area contributed by atoms with Crippen molar-refractivity contribution in [3.8, 4) is 17.2 Å². The normalized spacial score (nSPS) is 14.6. The van der Waals surface area contributed by atoms with Crippen molar-refractivity contribution in [3.05, 3.63) is 82.8 Å². The monoisotopic (exact) mass is 458 g/mol. The van der Waals surface area contributed by atoms with Crippen LogP contribution in [0.3, 0.4) is 0 Å². The summed E-state index contributed by atoms with van der Waals surface area (Å²) in [4.78, 5) is 34.3. The zero-order chi connectivity index (χ0) is 23.5. The minimum absolute atomic E-state index is 0.0751. The maximum atomic E-state index is 13.0. The number of hydrogen-bond acceptors (Lipinski definition) is 8. The van der Waals surface area contributed by atoms with Crippen LogP contribution in [0.2, 0.25) is 0 Å². The Bertz CT molecular complexity index is 1400. The SMILES string of the molecule is CCOC(=O)c1cn(-c2ccccc2)c2nc(NCC3COc4ccccc4O3)ncc2c1=O. The van der Waals surface area contributed by atoms with Crippen LogP contribution in [-0.2, 0) is 4.74 Å². The summed E-state index contributed by atoms with van der Waals surface area (Å²) < 4.78 is 18.5. The molecule has 1 aliphatic heterocycles. The van der Waals surface area contributed by atoms with E-state index in [1.807, 2.05) is 54.6 Å². The van der Waals surface area contributed by atoms with Crippen molar-refractivity contribution in [1.82, 2.24) is 14.5 Å². The Morgan fingerprint density at radius 1 is 1.15 bits per heavy atom. The topological polar surface area (TPSA) is 105 Å². The maximum Gasteiger partial charge on any atom is 0.343 e. The summed E-state index contributed by atoms with van der Waals surface area (Å²) in [6, 6.07) is 16.8. The number of carbonyl (C=O) groups is 1. The molecule has 5 rings (SSSR count). The smallest absolute Gasteiger partial charge is 0.343 e. The molecule has 0 amide bonds. The van der Waals surface area contributed by atoms with Crippen LogP contribution in [0.4, 0.5) is 5.95 Å². The van der Waals surface area contributed by atoms with E-state index in [9.17, 15) is 9.59 Å². The van der Waals surface area contributed by atoms with Crippen LogP contribution in [0.1, 0.15) is 17.3 Å². The molecule has 1 atom stereocenters. The zero-order valence-corrected chi connectivity index (χ0v) is 18.4. The minimum atomic E-state index is -0.684. The Labute approximate surface area is 194 Å². The van der Waals surface area contributed by atoms with Gasteiger partial charge in [0.1, 0.15) is 18.3 Å². The Morgan fingerprint density at radius 2 is 1.91 bits per heavy atom. The molecular weight excluding hydrogens is 436 g/mol. The van der Waals surface area contributed by atoms with Crippen molar-refractivity contribution in [3.63, 3.8) is 0 Å². The number of benzene rings is 2. The third-order valence-corrected chi connectivity index (χ3v) is 5.33. The van der Waals surface area contributed by atoms with E-state index in [1.165, 1.54) is 12.4 Å². The van der Waals surface area contributed by atoms with Crippen molar-refractivity contribution >= 4 is 23.0 Å². The second-order valence-corrected chi connectivity index (χ2v) is 7.61. The lowest BCUT2D eigenvalue weighted by atomic mass is 10.2. The van der Waals surface area contributed by atoms with Crippen LogP contribution in [0.25, 0.3) is 16.7 Å². The van der Waals surface area contributed by atoms with Crippen molar-refractivity contribution in [1.29, 1.82) is 0 Å². The van der Waals surface area contributed by atoms with Gasteiger partial charge in [0, 0.05) is 18.1 Å². The molecule has 34 heavy (non-hydrogen) atoms. The highest BCUT2D eigenvalue weighted by atomic mass is 16.6. The van der Waals surface area contributed by atoms with Gasteiger partial charge in [-0.05, 0) is 31.2 Å². The number of esters is 1. The Morgan fingerprint density at radius 3 is 2.71 bits per heavy atom. The largest absolute Gasteiger partial charge is 0.486 e. The van der Waals surface area contributed by atoms with Gasteiger partial charge >= 0.3 is 5.97 Å². The summed E-state index contributed by atoms with van der Waals surface area (Å²) in [7, 11) is 0. The van der Waals surface area contributed by atoms with Gasteiger partial charge in [0.15, 0.2) is 17.1 Å². The molecule has 9 heteroatoms. The van der Waals surface area contributed by atoms with Crippen molar-refractivity contribution < 1.29 is 19.0 Å². The van der Waals surface area contributed by atoms with Crippen LogP contribution in [0, 0.1) is 0 Å². The first-order chi connectivity index (χ1) is 16.6. The average molecular weight is 458 g/mol. The van der Waals surface area contributed by atoms with Crippen LogP contribution in [-0.4, -0.2) is 46.4 Å². The van der Waals surface area contributed by atoms with Crippen molar-refractivity contribution in [2.24, 2.45) is 0 Å². The van der Waals surface area contributed by atoms with Gasteiger partial charge in [-0.1, -0.05) is 30.3 Å². The molecule has 3 heterocycles. The number of carbonyl (C=O) groups excluding carboxylic acids is 1. The molecule has 2 aromatic heterocycles. The van der Waals surface area contributed by atoms with Crippen LogP contribution in [0.15, 0.2) is 71.8 Å². The second-order valence-electron chi connectivity index (χ2n) is 7.61. The first-order valence-electron chi connectivity index (χ1n) is 10.9. The predicted molar refractivity (Wildman–Crippen MR) is 126 cm³/mol. The van der Waals surface area contributed by atoms with E-state index in [0.29, 0.717) is 36.2 Å². The van der Waals surface area contributed by atoms with Gasteiger partial charge in [-0.25, -0.2) is 9.78 Å². The van der Waals surface area contributed by atoms with Crippen molar-refractivity contribution in [2.45, 2.75) is 13.0 Å². The Kier molecular flexibility index (Phi) is 5.82. The molecule has 0 spiro atoms. The molecule has 1 aliphatic rings. The standard InChI is InChI=1S/C25H22N4O5/c1-2-32-24(31)19-14-29(16-8-4-3-5-9-16)23-18(22(19)30)13-27-25(28-23)26-12-17-15-33-20-10-6-7-11-21(20)34-17/h3-11,13-14,17H,2,12,15H2,1H3,(H,26,27,28). The highest BCUT2D eigenvalue weighted by Crippen LogP contribution is 2.30. The molecule has 172 valence electrons. The lowest BCUT2D eigenvalue weighted by Gasteiger charge is -2.26. The summed E-state index contributed by atoms with van der Waals surface area (Å²) in [5.41, 5.74) is 0.554. The maximum absolute atomic E-state index is 13.0. The molecule has 0 bridgehead atoms. The lowest BCUT2D eigenvalue weighted by molar-refractivity contribution is 0.0524. The fraction of sp³-hybridized carbons (Fsp3) is 0.200. The van der Waals surface area contributed by atoms with E-state index in [1.54, 1.807) is 11.5 Å². The van der Waals surface area contributed by atoms with E-state index in [-0.39, 0.29) is 23.7 Å². The molecule has 0 radical (unpaired) electrons. The lowest BCUT2D eigenvalue weighted by Crippen LogP contribution is -2.35. The van der Waals surface area contributed by atoms with E-state index in [4.69, 9.17) is 14.2 Å². The van der Waals surface area contributed by atoms with E-state index >= 15 is 0 Å². The van der Waals surface area contributed by atoms with Gasteiger partial charge in [0.2, 0.25) is 11.4 Å². The van der Waals surface area contributed by atoms with Crippen LogP contribution >= 0.6 is 0 Å². The van der Waals surface area contributed by atoms with Crippen molar-refractivity contribution in [2.75, 3.05) is 25.1 Å². The third kappa shape index (κ3) is 4.15. The number of anilines is 1. The third-order valence-electron chi connectivity index (χ3n) is 5.33. The highest BCUT2D eigenvalue weighted by Gasteiger charge is 2.22. The minimum Gasteiger partial charge on any atom is -0.486 e. The fourth-order valence-corrected chi connectivity index (χ4v) is 3.70. The highest BCUT2D eigenvalue weighted by molar-refractivity contribution is 5.93. The number of ether oxygens (including phenoxy) is 3. The summed E-state index contributed by atoms with van der Waals surface area (Å²) in [6.07, 6.45) is 2.64. The first-order valence-corrected chi connectivity index (χ1v) is 10.9. The van der Waals surface area contributed by atoms with E-state index in [0.717, 1.165) is 5.69 Å². The molecule has 0 aliphatic carbocycles. The summed E-state index contributed by atoms with van der Waals surface area (Å²) in [5.74, 6) is 1.04. The second kappa shape index (κ2) is 9.22. The van der Waals surface area contributed by atoms with Gasteiger partial charge in [-0.3, -0.25) is 4.79 Å². The summed E-state index contributed by atoms with van der Waals surface area (Å²) in [6.45, 7) is 2.64. The number of rotatable bonds is 6. The predicted octanol–water partition coefficient (Wildman–Crippen LogP) is 3.21. The van der Waals surface area contributed by atoms with E-state index < -0.39 is 11.4 Å². The fourth-order valence-electron chi connectivity index (χ4n) is 3.70. The Hall–Kier alpha value is -4.40. The van der Waals surface area contributed by atoms with Gasteiger partial charge < -0.3 is 24.1 Å². The zero-order valence-electron chi connectivity index (χ0n) is 18.4. The summed E-state index contributed by atoms with van der Waals surface area (Å²) >= 11 is 0. The van der Waals surface area contributed by atoms with E-state index in [2.05, 4.69) is 15.3 Å². The van der Waals surface area contributed by atoms with Gasteiger partial charge in [-0.2, -0.15) is 4.98 Å². The molecule has 4 aromatic rings. The number of hydrogen-bond donors (Lipinski definition) is 1. The number of nitrogens with zero attached hydrogens (tertiary/aromatic N) is 3. The number of para-hydroxylation sites is 3. The first kappa shape index (κ1) is 21.4. The number of nitrogens with one attached hydrogen (secondary N) is 1. The van der Waals surface area contributed by atoms with Crippen LogP contribution < -0.4 is 20.2 Å².